The molecule has 0 spiro atoms. The molecule has 0 saturated carbocycles. The van der Waals surface area contributed by atoms with Crippen LogP contribution in [0.4, 0.5) is 10.5 Å². The smallest absolute Gasteiger partial charge is 0.434 e. The molecule has 4 rings (SSSR count). The monoisotopic (exact) mass is 749 g/mol. The Morgan fingerprint density at radius 3 is 2.44 bits per heavy atom. The lowest BCUT2D eigenvalue weighted by molar-refractivity contribution is -0.385. The van der Waals surface area contributed by atoms with Gasteiger partial charge in [0, 0.05) is 74.4 Å². The second kappa shape index (κ2) is 18.8. The first kappa shape index (κ1) is 41.0. The molecule has 1 aromatic carbocycles. The summed E-state index contributed by atoms with van der Waals surface area (Å²) < 4.78 is 45.9. The maximum atomic E-state index is 13.2. The fraction of sp³-hybridized carbons (Fsp3) is 0.647. The predicted molar refractivity (Wildman–Crippen MR) is 188 cm³/mol. The van der Waals surface area contributed by atoms with Gasteiger partial charge in [-0.15, -0.1) is 0 Å². The van der Waals surface area contributed by atoms with Crippen LogP contribution < -0.4 is 11.2 Å². The van der Waals surface area contributed by atoms with Crippen molar-refractivity contribution in [1.82, 2.24) is 14.2 Å². The zero-order valence-electron chi connectivity index (χ0n) is 30.3. The molecule has 0 aliphatic carbocycles. The molecule has 18 heteroatoms. The minimum Gasteiger partial charge on any atom is -0.434 e. The molecule has 3 heterocycles. The quantitative estimate of drug-likeness (QED) is 0.0774. The van der Waals surface area contributed by atoms with Gasteiger partial charge in [-0.05, 0) is 27.7 Å². The number of aromatic amines is 1. The molecule has 0 radical (unpaired) electrons. The van der Waals surface area contributed by atoms with Crippen LogP contribution >= 0.6 is 8.30 Å². The van der Waals surface area contributed by atoms with E-state index in [1.54, 1.807) is 25.1 Å². The molecule has 17 nitrogen and oxygen atoms in total. The lowest BCUT2D eigenvalue weighted by Crippen LogP contribution is -2.50. The summed E-state index contributed by atoms with van der Waals surface area (Å²) in [5.74, 6) is -1.66. The fourth-order valence-electron chi connectivity index (χ4n) is 6.41. The minimum absolute atomic E-state index is 0.0250. The van der Waals surface area contributed by atoms with Crippen molar-refractivity contribution in [3.63, 3.8) is 0 Å². The number of nitro benzene ring substituents is 1. The summed E-state index contributed by atoms with van der Waals surface area (Å²) in [5.41, 5.74) is -1.06. The van der Waals surface area contributed by atoms with Gasteiger partial charge in [0.05, 0.1) is 24.2 Å². The molecule has 2 saturated heterocycles. The molecule has 6 atom stereocenters. The van der Waals surface area contributed by atoms with E-state index in [9.17, 15) is 29.8 Å². The summed E-state index contributed by atoms with van der Waals surface area (Å²) in [6.45, 7) is 9.89. The van der Waals surface area contributed by atoms with Gasteiger partial charge in [0.15, 0.2) is 12.0 Å². The van der Waals surface area contributed by atoms with Gasteiger partial charge in [-0.2, -0.15) is 5.26 Å². The molecule has 2 aromatic rings. The van der Waals surface area contributed by atoms with Crippen LogP contribution in [0.2, 0.25) is 0 Å². The number of carbonyl (C=O) groups excluding carboxylic acids is 1. The molecular weight excluding hydrogens is 701 g/mol. The van der Waals surface area contributed by atoms with E-state index in [4.69, 9.17) is 32.9 Å². The Bertz CT molecular complexity index is 1650. The Kier molecular flexibility index (Phi) is 14.9. The summed E-state index contributed by atoms with van der Waals surface area (Å²) in [6, 6.07) is 9.62. The number of benzene rings is 1. The highest BCUT2D eigenvalue weighted by Gasteiger charge is 2.53. The van der Waals surface area contributed by atoms with Crippen LogP contribution in [0.25, 0.3) is 0 Å². The number of nitriles is 1. The van der Waals surface area contributed by atoms with Crippen LogP contribution in [0.1, 0.15) is 71.6 Å². The minimum atomic E-state index is -1.48. The first-order valence-corrected chi connectivity index (χ1v) is 18.6. The van der Waals surface area contributed by atoms with Crippen molar-refractivity contribution >= 4 is 20.1 Å². The van der Waals surface area contributed by atoms with Crippen molar-refractivity contribution in [1.29, 1.82) is 5.26 Å². The summed E-state index contributed by atoms with van der Waals surface area (Å²) >= 11 is 0. The SMILES string of the molecule is COC1(O[C@@H]2[C@H](OP(CCC#N)N(C(C)C)C(C)C)[C@@H](COC(=O)OCC(C)c3ccccc3[N+](=O)[O-])O[C@H]2n2ccc(=O)[nH]c2=O)CCOCC1. The van der Waals surface area contributed by atoms with E-state index in [2.05, 4.69) is 15.7 Å². The number of hydrogen-bond donors (Lipinski definition) is 1. The van der Waals surface area contributed by atoms with E-state index < -0.39 is 73.5 Å². The number of aromatic nitrogens is 2. The van der Waals surface area contributed by atoms with Crippen molar-refractivity contribution in [2.24, 2.45) is 0 Å². The van der Waals surface area contributed by atoms with E-state index in [-0.39, 0.29) is 30.8 Å². The van der Waals surface area contributed by atoms with Gasteiger partial charge in [-0.1, -0.05) is 25.1 Å². The number of hydrogen-bond acceptors (Lipinski definition) is 14. The lowest BCUT2D eigenvalue weighted by Gasteiger charge is -2.42. The molecule has 52 heavy (non-hydrogen) atoms. The molecular formula is C34H48N5O12P. The molecule has 2 aliphatic rings. The highest BCUT2D eigenvalue weighted by Crippen LogP contribution is 2.50. The second-order valence-corrected chi connectivity index (χ2v) is 14.9. The Hall–Kier alpha value is -3.75. The van der Waals surface area contributed by atoms with Crippen LogP contribution in [0, 0.1) is 21.4 Å². The van der Waals surface area contributed by atoms with Gasteiger partial charge < -0.3 is 32.9 Å². The summed E-state index contributed by atoms with van der Waals surface area (Å²) in [5, 5.41) is 21.1. The van der Waals surface area contributed by atoms with E-state index in [1.165, 1.54) is 30.0 Å². The summed E-state index contributed by atoms with van der Waals surface area (Å²) in [6.07, 6.45) is -2.69. The van der Waals surface area contributed by atoms with Crippen molar-refractivity contribution in [2.75, 3.05) is 39.7 Å². The number of rotatable bonds is 17. The van der Waals surface area contributed by atoms with Crippen molar-refractivity contribution in [2.45, 2.75) is 102 Å². The van der Waals surface area contributed by atoms with Gasteiger partial charge in [-0.25, -0.2) is 9.59 Å². The Labute approximate surface area is 303 Å². The largest absolute Gasteiger partial charge is 0.508 e. The molecule has 1 aromatic heterocycles. The molecule has 2 fully saturated rings. The number of nitro groups is 1. The molecule has 286 valence electrons. The van der Waals surface area contributed by atoms with E-state index in [1.807, 2.05) is 27.7 Å². The first-order chi connectivity index (χ1) is 24.8. The van der Waals surface area contributed by atoms with Crippen molar-refractivity contribution < 1.29 is 42.7 Å². The molecule has 2 aliphatic heterocycles. The number of methoxy groups -OCH3 is 1. The highest BCUT2D eigenvalue weighted by molar-refractivity contribution is 7.50. The summed E-state index contributed by atoms with van der Waals surface area (Å²) in [4.78, 5) is 51.4. The number of para-hydroxylation sites is 1. The number of carbonyl (C=O) groups is 1. The fourth-order valence-corrected chi connectivity index (χ4v) is 8.72. The normalized spacial score (nSPS) is 22.6. The first-order valence-electron chi connectivity index (χ1n) is 17.2. The molecule has 2 unspecified atom stereocenters. The number of ether oxygens (including phenoxy) is 6. The van der Waals surface area contributed by atoms with Gasteiger partial charge >= 0.3 is 11.8 Å². The lowest BCUT2D eigenvalue weighted by atomic mass is 10.0. The van der Waals surface area contributed by atoms with Crippen molar-refractivity contribution in [3.05, 3.63) is 73.0 Å². The van der Waals surface area contributed by atoms with E-state index in [0.29, 0.717) is 37.8 Å². The van der Waals surface area contributed by atoms with Crippen LogP contribution in [-0.4, -0.2) is 101 Å². The Morgan fingerprint density at radius 2 is 1.83 bits per heavy atom. The summed E-state index contributed by atoms with van der Waals surface area (Å²) in [7, 11) is 0.0325. The average molecular weight is 750 g/mol. The Morgan fingerprint density at radius 1 is 1.13 bits per heavy atom. The highest BCUT2D eigenvalue weighted by atomic mass is 31.2. The van der Waals surface area contributed by atoms with Crippen molar-refractivity contribution in [3.8, 4) is 6.07 Å². The third kappa shape index (κ3) is 10.2. The van der Waals surface area contributed by atoms with Crippen LogP contribution in [0.3, 0.4) is 0 Å². The zero-order chi connectivity index (χ0) is 38.0. The predicted octanol–water partition coefficient (Wildman–Crippen LogP) is 4.57. The molecule has 1 N–H and O–H groups in total. The topological polar surface area (TPSA) is 207 Å². The number of nitrogens with zero attached hydrogens (tertiary/aromatic N) is 4. The number of H-pyrrole nitrogens is 1. The van der Waals surface area contributed by atoms with Crippen LogP contribution in [0.5, 0.6) is 0 Å². The Balaban J connectivity index is 1.67. The van der Waals surface area contributed by atoms with Gasteiger partial charge in [0.2, 0.25) is 0 Å². The van der Waals surface area contributed by atoms with Gasteiger partial charge in [0.25, 0.3) is 11.2 Å². The maximum absolute atomic E-state index is 13.2. The van der Waals surface area contributed by atoms with E-state index in [0.717, 1.165) is 0 Å². The third-order valence-electron chi connectivity index (χ3n) is 8.84. The van der Waals surface area contributed by atoms with E-state index >= 15 is 0 Å². The van der Waals surface area contributed by atoms with Gasteiger partial charge in [-0.3, -0.25) is 29.1 Å². The second-order valence-electron chi connectivity index (χ2n) is 13.1. The molecule has 0 amide bonds. The van der Waals surface area contributed by atoms with Crippen LogP contribution in [-0.2, 0) is 32.9 Å². The number of nitrogens with one attached hydrogen (secondary N) is 1. The average Bonchev–Trinajstić information content (AvgIpc) is 3.43. The molecule has 0 bridgehead atoms. The van der Waals surface area contributed by atoms with Gasteiger partial charge in [0.1, 0.15) is 39.8 Å². The maximum Gasteiger partial charge on any atom is 0.508 e. The zero-order valence-corrected chi connectivity index (χ0v) is 31.2. The van der Waals surface area contributed by atoms with Crippen LogP contribution in [0.15, 0.2) is 46.1 Å². The third-order valence-corrected chi connectivity index (χ3v) is 11.4. The standard InChI is InChI=1S/C34H48N5O12P/c1-22(2)38(23(3)4)52(19-9-15-35)51-29-27(21-48-33(42)47-20-24(5)25-10-7-8-11-26(25)39(43)44)49-31(37-16-12-28(40)36-32(37)41)30(29)50-34(45-6)13-17-46-18-14-34/h7-8,10-12,16,22-24,27,29-31H,9,13-14,17-21H2,1-6H3,(H,36,40,41)/t24?,27-,29-,30-,31-,52?/m1/s1.